The van der Waals surface area contributed by atoms with E-state index >= 15 is 0 Å². The molecule has 0 aromatic heterocycles. The molecule has 0 radical (unpaired) electrons. The lowest BCUT2D eigenvalue weighted by Crippen LogP contribution is -2.35. The molecule has 1 aliphatic rings. The standard InChI is InChI=1S/C15H31NO2/c1-5-10-16-13(8-9-15(2,3)17-4)12-14-7-6-11-18-14/h13-14,16H,5-12H2,1-4H3. The van der Waals surface area contributed by atoms with E-state index in [0.717, 1.165) is 26.0 Å². The van der Waals surface area contributed by atoms with Crippen LogP contribution in [0.5, 0.6) is 0 Å². The largest absolute Gasteiger partial charge is 0.379 e. The van der Waals surface area contributed by atoms with Crippen LogP contribution in [0.15, 0.2) is 0 Å². The summed E-state index contributed by atoms with van der Waals surface area (Å²) in [5.74, 6) is 0. The van der Waals surface area contributed by atoms with E-state index in [0.29, 0.717) is 12.1 Å². The van der Waals surface area contributed by atoms with E-state index in [4.69, 9.17) is 9.47 Å². The SMILES string of the molecule is CCCNC(CCC(C)(C)OC)CC1CCCO1. The van der Waals surface area contributed by atoms with Crippen LogP contribution in [0.2, 0.25) is 0 Å². The zero-order valence-electron chi connectivity index (χ0n) is 12.6. The molecule has 1 N–H and O–H groups in total. The van der Waals surface area contributed by atoms with Crippen molar-refractivity contribution in [1.82, 2.24) is 5.32 Å². The minimum atomic E-state index is -0.0112. The highest BCUT2D eigenvalue weighted by Gasteiger charge is 2.23. The van der Waals surface area contributed by atoms with Crippen molar-refractivity contribution in [2.24, 2.45) is 0 Å². The van der Waals surface area contributed by atoms with Crippen molar-refractivity contribution in [3.8, 4) is 0 Å². The quantitative estimate of drug-likeness (QED) is 0.688. The number of ether oxygens (including phenoxy) is 2. The molecule has 0 amide bonds. The van der Waals surface area contributed by atoms with Crippen LogP contribution in [0.1, 0.15) is 59.3 Å². The number of nitrogens with one attached hydrogen (secondary N) is 1. The van der Waals surface area contributed by atoms with E-state index in [1.54, 1.807) is 7.11 Å². The molecule has 3 nitrogen and oxygen atoms in total. The Balaban J connectivity index is 2.34. The Morgan fingerprint density at radius 3 is 2.78 bits per heavy atom. The predicted octanol–water partition coefficient (Wildman–Crippen LogP) is 3.13. The fraction of sp³-hybridized carbons (Fsp3) is 1.00. The highest BCUT2D eigenvalue weighted by atomic mass is 16.5. The second-order valence-corrected chi connectivity index (χ2v) is 6.02. The molecule has 18 heavy (non-hydrogen) atoms. The Kier molecular flexibility index (Phi) is 7.20. The summed E-state index contributed by atoms with van der Waals surface area (Å²) >= 11 is 0. The molecule has 1 rings (SSSR count). The zero-order valence-corrected chi connectivity index (χ0v) is 12.6. The first-order chi connectivity index (χ1) is 8.57. The van der Waals surface area contributed by atoms with Gasteiger partial charge in [0.25, 0.3) is 0 Å². The van der Waals surface area contributed by atoms with Crippen LogP contribution < -0.4 is 5.32 Å². The van der Waals surface area contributed by atoms with Crippen molar-refractivity contribution < 1.29 is 9.47 Å². The summed E-state index contributed by atoms with van der Waals surface area (Å²) in [4.78, 5) is 0. The van der Waals surface area contributed by atoms with Gasteiger partial charge in [0.15, 0.2) is 0 Å². The van der Waals surface area contributed by atoms with Crippen molar-refractivity contribution in [2.75, 3.05) is 20.3 Å². The van der Waals surface area contributed by atoms with E-state index in [-0.39, 0.29) is 5.60 Å². The molecule has 0 aromatic carbocycles. The fourth-order valence-electron chi connectivity index (χ4n) is 2.42. The van der Waals surface area contributed by atoms with Gasteiger partial charge in [-0.1, -0.05) is 6.92 Å². The monoisotopic (exact) mass is 257 g/mol. The summed E-state index contributed by atoms with van der Waals surface area (Å²) in [5, 5.41) is 3.66. The molecule has 1 saturated heterocycles. The smallest absolute Gasteiger partial charge is 0.0623 e. The van der Waals surface area contributed by atoms with Gasteiger partial charge < -0.3 is 14.8 Å². The molecule has 0 bridgehead atoms. The molecule has 0 saturated carbocycles. The van der Waals surface area contributed by atoms with E-state index < -0.39 is 0 Å². The summed E-state index contributed by atoms with van der Waals surface area (Å²) in [6.45, 7) is 8.60. The van der Waals surface area contributed by atoms with Crippen LogP contribution in [0, 0.1) is 0 Å². The third-order valence-corrected chi connectivity index (χ3v) is 3.90. The Labute approximate surface area is 113 Å². The van der Waals surface area contributed by atoms with Crippen LogP contribution in [0.4, 0.5) is 0 Å². The lowest BCUT2D eigenvalue weighted by atomic mass is 9.95. The molecule has 2 unspecified atom stereocenters. The lowest BCUT2D eigenvalue weighted by Gasteiger charge is -2.27. The maximum Gasteiger partial charge on any atom is 0.0623 e. The van der Waals surface area contributed by atoms with Gasteiger partial charge in [-0.15, -0.1) is 0 Å². The second-order valence-electron chi connectivity index (χ2n) is 6.02. The van der Waals surface area contributed by atoms with Gasteiger partial charge >= 0.3 is 0 Å². The molecule has 1 aliphatic heterocycles. The molecule has 1 fully saturated rings. The summed E-state index contributed by atoms with van der Waals surface area (Å²) in [6.07, 6.45) is 7.55. The number of hydrogen-bond donors (Lipinski definition) is 1. The summed E-state index contributed by atoms with van der Waals surface area (Å²) in [6, 6.07) is 0.572. The van der Waals surface area contributed by atoms with Crippen molar-refractivity contribution in [3.05, 3.63) is 0 Å². The third-order valence-electron chi connectivity index (χ3n) is 3.90. The second kappa shape index (κ2) is 8.13. The molecule has 2 atom stereocenters. The van der Waals surface area contributed by atoms with Crippen LogP contribution in [-0.2, 0) is 9.47 Å². The molecule has 108 valence electrons. The van der Waals surface area contributed by atoms with Gasteiger partial charge in [-0.2, -0.15) is 0 Å². The maximum absolute atomic E-state index is 5.75. The first-order valence-corrected chi connectivity index (χ1v) is 7.47. The van der Waals surface area contributed by atoms with Crippen LogP contribution in [0.3, 0.4) is 0 Å². The maximum atomic E-state index is 5.75. The van der Waals surface area contributed by atoms with Gasteiger partial charge in [-0.25, -0.2) is 0 Å². The fourth-order valence-corrected chi connectivity index (χ4v) is 2.42. The first kappa shape index (κ1) is 15.9. The average Bonchev–Trinajstić information content (AvgIpc) is 2.85. The third kappa shape index (κ3) is 6.17. The van der Waals surface area contributed by atoms with E-state index in [1.807, 2.05) is 0 Å². The van der Waals surface area contributed by atoms with Gasteiger partial charge in [-0.05, 0) is 58.9 Å². The van der Waals surface area contributed by atoms with Crippen LogP contribution in [0.25, 0.3) is 0 Å². The first-order valence-electron chi connectivity index (χ1n) is 7.47. The molecule has 1 heterocycles. The Bertz CT molecular complexity index is 213. The highest BCUT2D eigenvalue weighted by Crippen LogP contribution is 2.22. The average molecular weight is 257 g/mol. The summed E-state index contributed by atoms with van der Waals surface area (Å²) in [5.41, 5.74) is -0.0112. The van der Waals surface area contributed by atoms with Crippen molar-refractivity contribution in [1.29, 1.82) is 0 Å². The Morgan fingerprint density at radius 2 is 2.22 bits per heavy atom. The zero-order chi connectivity index (χ0) is 13.4. The van der Waals surface area contributed by atoms with Gasteiger partial charge in [0.1, 0.15) is 0 Å². The number of hydrogen-bond acceptors (Lipinski definition) is 3. The van der Waals surface area contributed by atoms with E-state index in [9.17, 15) is 0 Å². The van der Waals surface area contributed by atoms with Crippen molar-refractivity contribution in [3.63, 3.8) is 0 Å². The molecular weight excluding hydrogens is 226 g/mol. The van der Waals surface area contributed by atoms with Gasteiger partial charge in [0.05, 0.1) is 11.7 Å². The van der Waals surface area contributed by atoms with E-state index in [2.05, 4.69) is 26.1 Å². The molecule has 0 aliphatic carbocycles. The van der Waals surface area contributed by atoms with Gasteiger partial charge in [0.2, 0.25) is 0 Å². The highest BCUT2D eigenvalue weighted by molar-refractivity contribution is 4.78. The van der Waals surface area contributed by atoms with E-state index in [1.165, 1.54) is 25.7 Å². The number of rotatable bonds is 9. The predicted molar refractivity (Wildman–Crippen MR) is 76.0 cm³/mol. The topological polar surface area (TPSA) is 30.5 Å². The molecule has 0 aromatic rings. The number of methoxy groups -OCH3 is 1. The van der Waals surface area contributed by atoms with Crippen LogP contribution in [-0.4, -0.2) is 38.0 Å². The Morgan fingerprint density at radius 1 is 1.44 bits per heavy atom. The van der Waals surface area contributed by atoms with Crippen molar-refractivity contribution in [2.45, 2.75) is 77.0 Å². The van der Waals surface area contributed by atoms with Gasteiger partial charge in [-0.3, -0.25) is 0 Å². The van der Waals surface area contributed by atoms with Crippen LogP contribution >= 0.6 is 0 Å². The molecule has 3 heteroatoms. The van der Waals surface area contributed by atoms with Gasteiger partial charge in [0, 0.05) is 19.8 Å². The molecular formula is C15H31NO2. The minimum Gasteiger partial charge on any atom is -0.379 e. The lowest BCUT2D eigenvalue weighted by molar-refractivity contribution is 0.00958. The Hall–Kier alpha value is -0.120. The minimum absolute atomic E-state index is 0.0112. The van der Waals surface area contributed by atoms with Crippen molar-refractivity contribution >= 4 is 0 Å². The molecule has 0 spiro atoms. The summed E-state index contributed by atoms with van der Waals surface area (Å²) < 4.78 is 11.3. The summed E-state index contributed by atoms with van der Waals surface area (Å²) in [7, 11) is 1.80. The normalized spacial score (nSPS) is 22.3.